The number of amides is 1. The van der Waals surface area contributed by atoms with E-state index < -0.39 is 5.97 Å². The number of nitrogens with zero attached hydrogens (tertiary/aromatic N) is 2. The maximum atomic E-state index is 13.3. The van der Waals surface area contributed by atoms with Crippen LogP contribution in [0.5, 0.6) is 0 Å². The monoisotopic (exact) mass is 367 g/mol. The largest absolute Gasteiger partial charge is 0.461 e. The van der Waals surface area contributed by atoms with Gasteiger partial charge in [0.2, 0.25) is 5.91 Å². The van der Waals surface area contributed by atoms with Gasteiger partial charge < -0.3 is 10.1 Å². The van der Waals surface area contributed by atoms with Crippen molar-refractivity contribution in [1.82, 2.24) is 9.38 Å². The molecule has 0 atom stereocenters. The molecule has 4 aliphatic rings. The summed E-state index contributed by atoms with van der Waals surface area (Å²) in [4.78, 5) is 29.6. The third-order valence-electron chi connectivity index (χ3n) is 6.74. The summed E-state index contributed by atoms with van der Waals surface area (Å²) in [5, 5.41) is 3.16. The lowest BCUT2D eigenvalue weighted by Gasteiger charge is -2.55. The SMILES string of the molecule is CCOC(=O)c1cn2c(NC(=O)C34CC5CC(CC(C5)C3)C4)cccc2n1. The Morgan fingerprint density at radius 1 is 1.19 bits per heavy atom. The van der Waals surface area contributed by atoms with Crippen molar-refractivity contribution in [2.24, 2.45) is 23.2 Å². The predicted molar refractivity (Wildman–Crippen MR) is 100 cm³/mol. The number of ether oxygens (including phenoxy) is 1. The van der Waals surface area contributed by atoms with Crippen LogP contribution in [0, 0.1) is 23.2 Å². The van der Waals surface area contributed by atoms with E-state index in [1.54, 1.807) is 17.5 Å². The van der Waals surface area contributed by atoms with E-state index in [4.69, 9.17) is 4.74 Å². The van der Waals surface area contributed by atoms with E-state index in [1.165, 1.54) is 19.3 Å². The maximum Gasteiger partial charge on any atom is 0.358 e. The number of aromatic nitrogens is 2. The normalized spacial score (nSPS) is 31.2. The van der Waals surface area contributed by atoms with Crippen LogP contribution in [-0.4, -0.2) is 27.9 Å². The number of hydrogen-bond acceptors (Lipinski definition) is 4. The summed E-state index contributed by atoms with van der Waals surface area (Å²) in [5.41, 5.74) is 0.677. The first-order chi connectivity index (χ1) is 13.1. The van der Waals surface area contributed by atoms with Crippen LogP contribution in [0.25, 0.3) is 5.65 Å². The number of nitrogens with one attached hydrogen (secondary N) is 1. The molecule has 2 heterocycles. The van der Waals surface area contributed by atoms with Crippen molar-refractivity contribution in [2.75, 3.05) is 11.9 Å². The Balaban J connectivity index is 1.43. The number of esters is 1. The number of imidazole rings is 1. The second-order valence-corrected chi connectivity index (χ2v) is 8.64. The van der Waals surface area contributed by atoms with Crippen LogP contribution in [0.3, 0.4) is 0 Å². The first-order valence-corrected chi connectivity index (χ1v) is 10.0. The van der Waals surface area contributed by atoms with E-state index in [0.29, 0.717) is 18.1 Å². The molecule has 0 spiro atoms. The number of anilines is 1. The summed E-state index contributed by atoms with van der Waals surface area (Å²) in [5.74, 6) is 2.53. The van der Waals surface area contributed by atoms with Gasteiger partial charge in [-0.05, 0) is 75.3 Å². The summed E-state index contributed by atoms with van der Waals surface area (Å²) in [6.07, 6.45) is 8.66. The van der Waals surface area contributed by atoms with Crippen LogP contribution < -0.4 is 5.32 Å². The molecule has 6 nitrogen and oxygen atoms in total. The van der Waals surface area contributed by atoms with Crippen LogP contribution in [0.4, 0.5) is 5.82 Å². The molecule has 0 radical (unpaired) electrons. The van der Waals surface area contributed by atoms with Gasteiger partial charge >= 0.3 is 5.97 Å². The van der Waals surface area contributed by atoms with Crippen molar-refractivity contribution in [3.8, 4) is 0 Å². The zero-order valence-corrected chi connectivity index (χ0v) is 15.6. The van der Waals surface area contributed by atoms with Gasteiger partial charge in [0.1, 0.15) is 11.5 Å². The van der Waals surface area contributed by atoms with Gasteiger partial charge in [0.05, 0.1) is 12.0 Å². The van der Waals surface area contributed by atoms with Gasteiger partial charge in [0.25, 0.3) is 0 Å². The Morgan fingerprint density at radius 3 is 2.48 bits per heavy atom. The average Bonchev–Trinajstić information content (AvgIpc) is 3.06. The van der Waals surface area contributed by atoms with Crippen LogP contribution in [0.15, 0.2) is 24.4 Å². The summed E-state index contributed by atoms with van der Waals surface area (Å²) in [7, 11) is 0. The van der Waals surface area contributed by atoms with E-state index in [9.17, 15) is 9.59 Å². The Labute approximate surface area is 158 Å². The molecule has 0 unspecified atom stereocenters. The van der Waals surface area contributed by atoms with Gasteiger partial charge in [-0.2, -0.15) is 0 Å². The molecule has 2 aromatic heterocycles. The van der Waals surface area contributed by atoms with E-state index in [1.807, 2.05) is 18.2 Å². The summed E-state index contributed by atoms with van der Waals surface area (Å²) in [6, 6.07) is 5.54. The van der Waals surface area contributed by atoms with Crippen molar-refractivity contribution in [3.63, 3.8) is 0 Å². The van der Waals surface area contributed by atoms with Gasteiger partial charge in [-0.15, -0.1) is 0 Å². The van der Waals surface area contributed by atoms with Gasteiger partial charge in [0.15, 0.2) is 5.69 Å². The standard InChI is InChI=1S/C21H25N3O3/c1-2-27-19(25)16-12-24-17(22-16)4-3-5-18(24)23-20(26)21-9-13-6-14(10-21)8-15(7-13)11-21/h3-5,12-15H,2,6-11H2,1H3,(H,23,26). The highest BCUT2D eigenvalue weighted by Gasteiger charge is 2.54. The van der Waals surface area contributed by atoms with Crippen molar-refractivity contribution in [2.45, 2.75) is 45.4 Å². The summed E-state index contributed by atoms with van der Waals surface area (Å²) in [6.45, 7) is 2.08. The molecule has 2 aromatic rings. The highest BCUT2D eigenvalue weighted by Crippen LogP contribution is 2.60. The molecule has 27 heavy (non-hydrogen) atoms. The zero-order chi connectivity index (χ0) is 18.6. The zero-order valence-electron chi connectivity index (χ0n) is 15.6. The van der Waals surface area contributed by atoms with E-state index >= 15 is 0 Å². The molecule has 0 saturated heterocycles. The fraction of sp³-hybridized carbons (Fsp3) is 0.571. The molecule has 6 rings (SSSR count). The number of carbonyl (C=O) groups excluding carboxylic acids is 2. The van der Waals surface area contributed by atoms with Crippen LogP contribution in [-0.2, 0) is 9.53 Å². The van der Waals surface area contributed by atoms with E-state index in [-0.39, 0.29) is 17.0 Å². The van der Waals surface area contributed by atoms with Crippen LogP contribution in [0.1, 0.15) is 55.9 Å². The number of pyridine rings is 1. The van der Waals surface area contributed by atoms with E-state index in [2.05, 4.69) is 10.3 Å². The van der Waals surface area contributed by atoms with E-state index in [0.717, 1.165) is 37.0 Å². The van der Waals surface area contributed by atoms with Crippen molar-refractivity contribution >= 4 is 23.3 Å². The molecule has 4 fully saturated rings. The number of fused-ring (bicyclic) bond motifs is 1. The molecule has 142 valence electrons. The van der Waals surface area contributed by atoms with Crippen molar-refractivity contribution in [3.05, 3.63) is 30.1 Å². The molecule has 4 bridgehead atoms. The minimum absolute atomic E-state index is 0.139. The molecule has 6 heteroatoms. The second-order valence-electron chi connectivity index (χ2n) is 8.64. The fourth-order valence-corrected chi connectivity index (χ4v) is 6.05. The summed E-state index contributed by atoms with van der Waals surface area (Å²) >= 11 is 0. The fourth-order valence-electron chi connectivity index (χ4n) is 6.05. The number of rotatable bonds is 4. The highest BCUT2D eigenvalue weighted by atomic mass is 16.5. The molecular weight excluding hydrogens is 342 g/mol. The quantitative estimate of drug-likeness (QED) is 0.837. The van der Waals surface area contributed by atoms with Crippen LogP contribution >= 0.6 is 0 Å². The first-order valence-electron chi connectivity index (χ1n) is 10.0. The second kappa shape index (κ2) is 6.08. The molecule has 1 amide bonds. The molecule has 1 N–H and O–H groups in total. The Bertz CT molecular complexity index is 881. The lowest BCUT2D eigenvalue weighted by Crippen LogP contribution is -2.51. The third-order valence-corrected chi connectivity index (χ3v) is 6.74. The lowest BCUT2D eigenvalue weighted by molar-refractivity contribution is -0.140. The van der Waals surface area contributed by atoms with Crippen molar-refractivity contribution in [1.29, 1.82) is 0 Å². The number of hydrogen-bond donors (Lipinski definition) is 1. The smallest absolute Gasteiger partial charge is 0.358 e. The van der Waals surface area contributed by atoms with Gasteiger partial charge in [0, 0.05) is 6.20 Å². The first kappa shape index (κ1) is 16.8. The topological polar surface area (TPSA) is 72.7 Å². The number of carbonyl (C=O) groups is 2. The average molecular weight is 367 g/mol. The molecular formula is C21H25N3O3. The highest BCUT2D eigenvalue weighted by molar-refractivity contribution is 5.95. The molecule has 0 aliphatic heterocycles. The lowest BCUT2D eigenvalue weighted by atomic mass is 9.49. The Morgan fingerprint density at radius 2 is 1.85 bits per heavy atom. The maximum absolute atomic E-state index is 13.3. The van der Waals surface area contributed by atoms with Crippen LogP contribution in [0.2, 0.25) is 0 Å². The molecule has 0 aromatic carbocycles. The molecule has 4 aliphatic carbocycles. The van der Waals surface area contributed by atoms with Gasteiger partial charge in [-0.25, -0.2) is 9.78 Å². The van der Waals surface area contributed by atoms with Crippen molar-refractivity contribution < 1.29 is 14.3 Å². The summed E-state index contributed by atoms with van der Waals surface area (Å²) < 4.78 is 6.81. The minimum atomic E-state index is -0.445. The third kappa shape index (κ3) is 2.73. The van der Waals surface area contributed by atoms with Gasteiger partial charge in [-0.1, -0.05) is 6.07 Å². The Hall–Kier alpha value is -2.37. The van der Waals surface area contributed by atoms with Gasteiger partial charge in [-0.3, -0.25) is 9.20 Å². The minimum Gasteiger partial charge on any atom is -0.461 e. The predicted octanol–water partition coefficient (Wildman–Crippen LogP) is 3.67. The Kier molecular flexibility index (Phi) is 3.78. The molecule has 4 saturated carbocycles.